The summed E-state index contributed by atoms with van der Waals surface area (Å²) in [6.45, 7) is 4.17. The number of nitrogens with two attached hydrogens (primary N) is 1. The summed E-state index contributed by atoms with van der Waals surface area (Å²) in [5, 5.41) is 5.40. The summed E-state index contributed by atoms with van der Waals surface area (Å²) in [6.07, 6.45) is 3.78. The maximum absolute atomic E-state index is 11.7. The Bertz CT molecular complexity index is 450. The molecule has 19 heavy (non-hydrogen) atoms. The van der Waals surface area contributed by atoms with E-state index in [2.05, 4.69) is 20.6 Å². The lowest BCUT2D eigenvalue weighted by atomic mass is 10.2. The van der Waals surface area contributed by atoms with Crippen molar-refractivity contribution in [1.82, 2.24) is 20.6 Å². The summed E-state index contributed by atoms with van der Waals surface area (Å²) in [4.78, 5) is 30.7. The maximum atomic E-state index is 11.7. The predicted octanol–water partition coefficient (Wildman–Crippen LogP) is 0.0934. The van der Waals surface area contributed by atoms with E-state index in [0.29, 0.717) is 0 Å². The molecule has 0 aliphatic rings. The fourth-order valence-corrected chi connectivity index (χ4v) is 1.32. The fraction of sp³-hybridized carbons (Fsp3) is 0.500. The molecule has 1 aromatic heterocycles. The van der Waals surface area contributed by atoms with Crippen LogP contribution in [0.1, 0.15) is 37.2 Å². The zero-order valence-electron chi connectivity index (χ0n) is 11.1. The van der Waals surface area contributed by atoms with Gasteiger partial charge in [-0.15, -0.1) is 0 Å². The topological polar surface area (TPSA) is 110 Å². The average Bonchev–Trinajstić information content (AvgIpc) is 2.38. The van der Waals surface area contributed by atoms with Gasteiger partial charge in [-0.05, 0) is 13.3 Å². The molecule has 2 amide bonds. The monoisotopic (exact) mass is 265 g/mol. The van der Waals surface area contributed by atoms with Crippen molar-refractivity contribution < 1.29 is 9.59 Å². The minimum atomic E-state index is -0.392. The number of nitrogens with one attached hydrogen (secondary N) is 2. The molecule has 104 valence electrons. The van der Waals surface area contributed by atoms with E-state index in [1.807, 2.05) is 13.8 Å². The number of rotatable bonds is 6. The van der Waals surface area contributed by atoms with Gasteiger partial charge in [0.15, 0.2) is 0 Å². The Morgan fingerprint density at radius 1 is 1.42 bits per heavy atom. The smallest absolute Gasteiger partial charge is 0.271 e. The van der Waals surface area contributed by atoms with Gasteiger partial charge < -0.3 is 16.4 Å². The summed E-state index contributed by atoms with van der Waals surface area (Å²) < 4.78 is 0. The van der Waals surface area contributed by atoms with Crippen LogP contribution in [0, 0.1) is 0 Å². The SMILES string of the molecule is CCC(C)NC(=O)CCNC(=O)c1cncc(N)n1. The standard InChI is InChI=1S/C12H19N5O2/c1-3-8(2)16-11(18)4-5-15-12(19)9-6-14-7-10(13)17-9/h6-8H,3-5H2,1-2H3,(H2,13,17)(H,15,19)(H,16,18). The van der Waals surface area contributed by atoms with E-state index < -0.39 is 5.91 Å². The zero-order chi connectivity index (χ0) is 14.3. The molecule has 1 aromatic rings. The molecule has 1 heterocycles. The Kier molecular flexibility index (Phi) is 5.72. The van der Waals surface area contributed by atoms with Gasteiger partial charge in [-0.2, -0.15) is 0 Å². The van der Waals surface area contributed by atoms with E-state index in [4.69, 9.17) is 5.73 Å². The molecule has 1 unspecified atom stereocenters. The third kappa shape index (κ3) is 5.33. The van der Waals surface area contributed by atoms with Crippen LogP contribution in [0.2, 0.25) is 0 Å². The zero-order valence-corrected chi connectivity index (χ0v) is 11.1. The molecule has 0 saturated carbocycles. The third-order valence-corrected chi connectivity index (χ3v) is 2.54. The summed E-state index contributed by atoms with van der Waals surface area (Å²) >= 11 is 0. The second kappa shape index (κ2) is 7.30. The Morgan fingerprint density at radius 2 is 2.16 bits per heavy atom. The second-order valence-electron chi connectivity index (χ2n) is 4.21. The lowest BCUT2D eigenvalue weighted by molar-refractivity contribution is -0.121. The van der Waals surface area contributed by atoms with Crippen molar-refractivity contribution in [3.05, 3.63) is 18.1 Å². The highest BCUT2D eigenvalue weighted by molar-refractivity contribution is 5.92. The molecular formula is C12H19N5O2. The van der Waals surface area contributed by atoms with Gasteiger partial charge in [0.1, 0.15) is 11.5 Å². The van der Waals surface area contributed by atoms with Crippen molar-refractivity contribution in [2.45, 2.75) is 32.7 Å². The largest absolute Gasteiger partial charge is 0.382 e. The highest BCUT2D eigenvalue weighted by Gasteiger charge is 2.09. The molecule has 0 aliphatic carbocycles. The van der Waals surface area contributed by atoms with Gasteiger partial charge in [0, 0.05) is 19.0 Å². The molecule has 0 aliphatic heterocycles. The lowest BCUT2D eigenvalue weighted by Gasteiger charge is -2.11. The lowest BCUT2D eigenvalue weighted by Crippen LogP contribution is -2.35. The molecule has 4 N–H and O–H groups in total. The van der Waals surface area contributed by atoms with E-state index in [0.717, 1.165) is 6.42 Å². The first-order valence-electron chi connectivity index (χ1n) is 6.18. The number of carbonyl (C=O) groups excluding carboxylic acids is 2. The molecular weight excluding hydrogens is 246 g/mol. The van der Waals surface area contributed by atoms with Gasteiger partial charge >= 0.3 is 0 Å². The van der Waals surface area contributed by atoms with E-state index >= 15 is 0 Å². The molecule has 1 rings (SSSR count). The highest BCUT2D eigenvalue weighted by atomic mass is 16.2. The normalized spacial score (nSPS) is 11.7. The second-order valence-corrected chi connectivity index (χ2v) is 4.21. The number of anilines is 1. The molecule has 0 saturated heterocycles. The fourth-order valence-electron chi connectivity index (χ4n) is 1.32. The summed E-state index contributed by atoms with van der Waals surface area (Å²) in [7, 11) is 0. The summed E-state index contributed by atoms with van der Waals surface area (Å²) in [5.74, 6) is -0.299. The molecule has 7 heteroatoms. The third-order valence-electron chi connectivity index (χ3n) is 2.54. The number of aromatic nitrogens is 2. The van der Waals surface area contributed by atoms with Crippen molar-refractivity contribution >= 4 is 17.6 Å². The van der Waals surface area contributed by atoms with Crippen molar-refractivity contribution in [3.8, 4) is 0 Å². The summed E-state index contributed by atoms with van der Waals surface area (Å²) in [6, 6.07) is 0.142. The average molecular weight is 265 g/mol. The molecule has 7 nitrogen and oxygen atoms in total. The van der Waals surface area contributed by atoms with Crippen LogP contribution in [0.15, 0.2) is 12.4 Å². The van der Waals surface area contributed by atoms with E-state index in [1.54, 1.807) is 0 Å². The maximum Gasteiger partial charge on any atom is 0.271 e. The number of amides is 2. The van der Waals surface area contributed by atoms with Crippen molar-refractivity contribution in [3.63, 3.8) is 0 Å². The Balaban J connectivity index is 2.33. The van der Waals surface area contributed by atoms with Gasteiger partial charge in [-0.25, -0.2) is 4.98 Å². The number of hydrogen-bond donors (Lipinski definition) is 3. The van der Waals surface area contributed by atoms with Crippen molar-refractivity contribution in [2.24, 2.45) is 0 Å². The first-order chi connectivity index (χ1) is 9.02. The van der Waals surface area contributed by atoms with Gasteiger partial charge in [0.25, 0.3) is 5.91 Å². The first-order valence-corrected chi connectivity index (χ1v) is 6.18. The molecule has 0 bridgehead atoms. The van der Waals surface area contributed by atoms with Crippen LogP contribution < -0.4 is 16.4 Å². The van der Waals surface area contributed by atoms with Gasteiger partial charge in [0.05, 0.1) is 12.4 Å². The first kappa shape index (κ1) is 14.9. The van der Waals surface area contributed by atoms with Crippen LogP contribution in [0.25, 0.3) is 0 Å². The molecule has 1 atom stereocenters. The van der Waals surface area contributed by atoms with Crippen LogP contribution in [-0.4, -0.2) is 34.4 Å². The number of nitrogens with zero attached hydrogens (tertiary/aromatic N) is 2. The molecule has 0 radical (unpaired) electrons. The Labute approximate surface area is 112 Å². The summed E-state index contributed by atoms with van der Waals surface area (Å²) in [5.41, 5.74) is 5.57. The number of carbonyl (C=O) groups is 2. The Hall–Kier alpha value is -2.18. The minimum absolute atomic E-state index is 0.0895. The number of hydrogen-bond acceptors (Lipinski definition) is 5. The molecule has 0 fully saturated rings. The van der Waals surface area contributed by atoms with Crippen LogP contribution in [0.4, 0.5) is 5.82 Å². The van der Waals surface area contributed by atoms with Gasteiger partial charge in [-0.1, -0.05) is 6.92 Å². The van der Waals surface area contributed by atoms with Crippen LogP contribution in [-0.2, 0) is 4.79 Å². The highest BCUT2D eigenvalue weighted by Crippen LogP contribution is 1.97. The molecule has 0 spiro atoms. The van der Waals surface area contributed by atoms with E-state index in [-0.39, 0.29) is 36.4 Å². The number of nitrogen functional groups attached to an aromatic ring is 1. The quantitative estimate of drug-likeness (QED) is 0.675. The predicted molar refractivity (Wildman–Crippen MR) is 71.3 cm³/mol. The Morgan fingerprint density at radius 3 is 2.79 bits per heavy atom. The van der Waals surface area contributed by atoms with Crippen LogP contribution >= 0.6 is 0 Å². The minimum Gasteiger partial charge on any atom is -0.382 e. The van der Waals surface area contributed by atoms with Gasteiger partial charge in [-0.3, -0.25) is 14.6 Å². The van der Waals surface area contributed by atoms with E-state index in [9.17, 15) is 9.59 Å². The van der Waals surface area contributed by atoms with E-state index in [1.165, 1.54) is 12.4 Å². The van der Waals surface area contributed by atoms with Crippen LogP contribution in [0.3, 0.4) is 0 Å². The van der Waals surface area contributed by atoms with Crippen molar-refractivity contribution in [2.75, 3.05) is 12.3 Å². The van der Waals surface area contributed by atoms with Crippen molar-refractivity contribution in [1.29, 1.82) is 0 Å². The van der Waals surface area contributed by atoms with Crippen LogP contribution in [0.5, 0.6) is 0 Å². The van der Waals surface area contributed by atoms with Gasteiger partial charge in [0.2, 0.25) is 5.91 Å². The molecule has 0 aromatic carbocycles.